The topological polar surface area (TPSA) is 78.5 Å². The molecule has 0 bridgehead atoms. The molecule has 0 radical (unpaired) electrons. The number of furan rings is 1. The van der Waals surface area contributed by atoms with Crippen molar-refractivity contribution in [1.29, 1.82) is 0 Å². The Hall–Kier alpha value is -3.23. The largest absolute Gasteiger partial charge is 0.497 e. The van der Waals surface area contributed by atoms with Crippen LogP contribution in [-0.2, 0) is 13.2 Å². The number of carbonyl (C=O) groups is 1. The Morgan fingerprint density at radius 1 is 1.16 bits per heavy atom. The number of anilines is 1. The average molecular weight is 517 g/mol. The van der Waals surface area contributed by atoms with Gasteiger partial charge in [0.05, 0.1) is 18.1 Å². The summed E-state index contributed by atoms with van der Waals surface area (Å²) in [5.41, 5.74) is 1.04. The molecule has 164 valence electrons. The number of methoxy groups -OCH3 is 1. The second-order valence-corrected chi connectivity index (χ2v) is 8.13. The molecule has 32 heavy (non-hydrogen) atoms. The quantitative estimate of drug-likeness (QED) is 0.321. The van der Waals surface area contributed by atoms with Gasteiger partial charge < -0.3 is 19.2 Å². The molecule has 2 aromatic carbocycles. The number of carbonyl (C=O) groups excluding carboxylic acids is 1. The Bertz CT molecular complexity index is 1220. The number of nitrogens with zero attached hydrogens (tertiary/aromatic N) is 2. The van der Waals surface area contributed by atoms with Crippen molar-refractivity contribution < 1.29 is 18.7 Å². The van der Waals surface area contributed by atoms with Gasteiger partial charge in [0.25, 0.3) is 5.91 Å². The monoisotopic (exact) mass is 515 g/mol. The van der Waals surface area contributed by atoms with Crippen molar-refractivity contribution in [3.8, 4) is 11.5 Å². The van der Waals surface area contributed by atoms with Gasteiger partial charge in [-0.2, -0.15) is 5.10 Å². The summed E-state index contributed by atoms with van der Waals surface area (Å²) in [6.45, 7) is 0.720. The molecule has 0 aliphatic heterocycles. The van der Waals surface area contributed by atoms with E-state index in [9.17, 15) is 4.79 Å². The van der Waals surface area contributed by atoms with Crippen LogP contribution < -0.4 is 14.8 Å². The van der Waals surface area contributed by atoms with Gasteiger partial charge >= 0.3 is 0 Å². The van der Waals surface area contributed by atoms with Crippen LogP contribution in [0.4, 0.5) is 5.82 Å². The predicted octanol–water partition coefficient (Wildman–Crippen LogP) is 5.78. The minimum Gasteiger partial charge on any atom is -0.497 e. The van der Waals surface area contributed by atoms with Crippen LogP contribution in [0, 0.1) is 0 Å². The molecule has 2 aromatic heterocycles. The second-order valence-electron chi connectivity index (χ2n) is 6.84. The summed E-state index contributed by atoms with van der Waals surface area (Å²) < 4.78 is 18.9. The van der Waals surface area contributed by atoms with E-state index >= 15 is 0 Å². The zero-order chi connectivity index (χ0) is 22.5. The first-order valence-corrected chi connectivity index (χ1v) is 10.8. The number of halogens is 2. The van der Waals surface area contributed by atoms with Crippen LogP contribution in [0.3, 0.4) is 0 Å². The first-order chi connectivity index (χ1) is 15.5. The third kappa shape index (κ3) is 5.52. The fourth-order valence-electron chi connectivity index (χ4n) is 2.93. The SMILES string of the molecule is COc1cccc(OCc2ccc(C(=O)Nc3nn(Cc4ccc(Cl)cc4)cc3Br)o2)c1. The van der Waals surface area contributed by atoms with E-state index in [0.717, 1.165) is 5.56 Å². The molecule has 0 aliphatic rings. The number of benzene rings is 2. The Morgan fingerprint density at radius 2 is 1.94 bits per heavy atom. The first kappa shape index (κ1) is 22.0. The lowest BCUT2D eigenvalue weighted by Crippen LogP contribution is -2.12. The number of ether oxygens (including phenoxy) is 2. The lowest BCUT2D eigenvalue weighted by molar-refractivity contribution is 0.0992. The molecule has 2 heterocycles. The summed E-state index contributed by atoms with van der Waals surface area (Å²) in [7, 11) is 1.59. The lowest BCUT2D eigenvalue weighted by atomic mass is 10.2. The van der Waals surface area contributed by atoms with Gasteiger partial charge in [0, 0.05) is 17.3 Å². The zero-order valence-corrected chi connectivity index (χ0v) is 19.4. The van der Waals surface area contributed by atoms with Crippen molar-refractivity contribution in [3.63, 3.8) is 0 Å². The summed E-state index contributed by atoms with van der Waals surface area (Å²) in [5, 5.41) is 7.85. The van der Waals surface area contributed by atoms with Crippen LogP contribution in [-0.4, -0.2) is 22.8 Å². The molecule has 7 nitrogen and oxygen atoms in total. The molecule has 9 heteroatoms. The molecule has 4 aromatic rings. The molecule has 0 fully saturated rings. The predicted molar refractivity (Wildman–Crippen MR) is 124 cm³/mol. The van der Waals surface area contributed by atoms with Gasteiger partial charge in [0.1, 0.15) is 23.9 Å². The van der Waals surface area contributed by atoms with Crippen molar-refractivity contribution in [2.45, 2.75) is 13.2 Å². The maximum absolute atomic E-state index is 12.6. The van der Waals surface area contributed by atoms with Crippen LogP contribution in [0.1, 0.15) is 21.9 Å². The Kier molecular flexibility index (Phi) is 6.82. The number of nitrogens with one attached hydrogen (secondary N) is 1. The number of rotatable bonds is 8. The molecule has 0 saturated carbocycles. The Labute approximate surface area is 198 Å². The van der Waals surface area contributed by atoms with E-state index in [1.54, 1.807) is 36.2 Å². The molecule has 4 rings (SSSR count). The van der Waals surface area contributed by atoms with Crippen LogP contribution in [0.2, 0.25) is 5.02 Å². The number of hydrogen-bond acceptors (Lipinski definition) is 5. The number of hydrogen-bond donors (Lipinski definition) is 1. The minimum atomic E-state index is -0.407. The third-order valence-corrected chi connectivity index (χ3v) is 5.35. The average Bonchev–Trinajstić information content (AvgIpc) is 3.41. The summed E-state index contributed by atoms with van der Waals surface area (Å²) >= 11 is 9.36. The molecular formula is C23H19BrClN3O4. The van der Waals surface area contributed by atoms with Crippen molar-refractivity contribution in [2.75, 3.05) is 12.4 Å². The first-order valence-electron chi connectivity index (χ1n) is 9.64. The molecule has 1 amide bonds. The molecule has 0 saturated heterocycles. The van der Waals surface area contributed by atoms with Crippen LogP contribution in [0.25, 0.3) is 0 Å². The van der Waals surface area contributed by atoms with E-state index in [0.29, 0.717) is 39.1 Å². The van der Waals surface area contributed by atoms with Crippen molar-refractivity contribution in [1.82, 2.24) is 9.78 Å². The van der Waals surface area contributed by atoms with E-state index in [4.69, 9.17) is 25.5 Å². The maximum Gasteiger partial charge on any atom is 0.292 e. The summed E-state index contributed by atoms with van der Waals surface area (Å²) in [4.78, 5) is 12.6. The van der Waals surface area contributed by atoms with Crippen molar-refractivity contribution in [2.24, 2.45) is 0 Å². The van der Waals surface area contributed by atoms with Crippen molar-refractivity contribution in [3.05, 3.63) is 93.4 Å². The van der Waals surface area contributed by atoms with E-state index in [2.05, 4.69) is 26.3 Å². The molecular weight excluding hydrogens is 498 g/mol. The number of aromatic nitrogens is 2. The van der Waals surface area contributed by atoms with Gasteiger partial charge in [-0.05, 0) is 57.9 Å². The maximum atomic E-state index is 12.6. The highest BCUT2D eigenvalue weighted by molar-refractivity contribution is 9.10. The van der Waals surface area contributed by atoms with Gasteiger partial charge in [-0.1, -0.05) is 29.8 Å². The zero-order valence-electron chi connectivity index (χ0n) is 17.0. The normalized spacial score (nSPS) is 10.7. The minimum absolute atomic E-state index is 0.161. The van der Waals surface area contributed by atoms with Crippen LogP contribution >= 0.6 is 27.5 Å². The van der Waals surface area contributed by atoms with Gasteiger partial charge in [-0.3, -0.25) is 9.48 Å². The fraction of sp³-hybridized carbons (Fsp3) is 0.130. The number of amides is 1. The highest BCUT2D eigenvalue weighted by Gasteiger charge is 2.16. The summed E-state index contributed by atoms with van der Waals surface area (Å²) in [6.07, 6.45) is 1.79. The molecule has 0 spiro atoms. The van der Waals surface area contributed by atoms with E-state index in [-0.39, 0.29) is 12.4 Å². The summed E-state index contributed by atoms with van der Waals surface area (Å²) in [6, 6.07) is 18.0. The van der Waals surface area contributed by atoms with E-state index in [1.165, 1.54) is 0 Å². The molecule has 0 aliphatic carbocycles. The second kappa shape index (κ2) is 9.93. The summed E-state index contributed by atoms with van der Waals surface area (Å²) in [5.74, 6) is 2.01. The smallest absolute Gasteiger partial charge is 0.292 e. The highest BCUT2D eigenvalue weighted by Crippen LogP contribution is 2.23. The van der Waals surface area contributed by atoms with Crippen molar-refractivity contribution >= 4 is 39.3 Å². The van der Waals surface area contributed by atoms with Crippen LogP contribution in [0.15, 0.2) is 75.8 Å². The van der Waals surface area contributed by atoms with E-state index in [1.807, 2.05) is 42.5 Å². The Morgan fingerprint density at radius 3 is 2.72 bits per heavy atom. The highest BCUT2D eigenvalue weighted by atomic mass is 79.9. The Balaban J connectivity index is 1.36. The lowest BCUT2D eigenvalue weighted by Gasteiger charge is -2.06. The molecule has 0 unspecified atom stereocenters. The van der Waals surface area contributed by atoms with Gasteiger partial charge in [-0.15, -0.1) is 0 Å². The molecule has 1 N–H and O–H groups in total. The third-order valence-electron chi connectivity index (χ3n) is 4.51. The van der Waals surface area contributed by atoms with Gasteiger partial charge in [0.2, 0.25) is 0 Å². The standard InChI is InChI=1S/C23H19BrClN3O4/c1-30-17-3-2-4-18(11-17)31-14-19-9-10-21(32-19)23(29)26-22-20(24)13-28(27-22)12-15-5-7-16(25)8-6-15/h2-11,13H,12,14H2,1H3,(H,26,27,29). The fourth-order valence-corrected chi connectivity index (χ4v) is 3.47. The van der Waals surface area contributed by atoms with E-state index < -0.39 is 5.91 Å². The van der Waals surface area contributed by atoms with Crippen LogP contribution in [0.5, 0.6) is 11.5 Å². The van der Waals surface area contributed by atoms with Gasteiger partial charge in [0.15, 0.2) is 11.6 Å². The van der Waals surface area contributed by atoms with Gasteiger partial charge in [-0.25, -0.2) is 0 Å². The molecule has 0 atom stereocenters.